The number of aromatic nitrogens is 2. The number of benzene rings is 1. The predicted molar refractivity (Wildman–Crippen MR) is 109 cm³/mol. The van der Waals surface area contributed by atoms with Gasteiger partial charge in [0, 0.05) is 38.9 Å². The number of pyridine rings is 1. The topological polar surface area (TPSA) is 62.1 Å². The van der Waals surface area contributed by atoms with E-state index < -0.39 is 12.1 Å². The number of hydrogen-bond acceptors (Lipinski definition) is 4. The van der Waals surface area contributed by atoms with E-state index in [-0.39, 0.29) is 11.1 Å². The van der Waals surface area contributed by atoms with E-state index in [2.05, 4.69) is 19.9 Å². The molecular formula is C20H19ClF3N5O2. The van der Waals surface area contributed by atoms with Gasteiger partial charge in [0.15, 0.2) is 5.82 Å². The van der Waals surface area contributed by atoms with Crippen molar-refractivity contribution in [3.63, 3.8) is 0 Å². The maximum absolute atomic E-state index is 12.5. The second kappa shape index (κ2) is 8.64. The lowest BCUT2D eigenvalue weighted by Crippen LogP contribution is -2.49. The molecule has 0 unspecified atom stereocenters. The summed E-state index contributed by atoms with van der Waals surface area (Å²) in [7, 11) is 0. The van der Waals surface area contributed by atoms with Crippen LogP contribution in [-0.2, 0) is 6.54 Å². The molecule has 0 bridgehead atoms. The number of imidazole rings is 1. The van der Waals surface area contributed by atoms with Crippen molar-refractivity contribution in [2.45, 2.75) is 12.9 Å². The maximum atomic E-state index is 12.5. The zero-order valence-corrected chi connectivity index (χ0v) is 17.0. The van der Waals surface area contributed by atoms with Crippen LogP contribution in [-0.4, -0.2) is 57.8 Å². The molecule has 1 aromatic carbocycles. The minimum atomic E-state index is -4.79. The molecule has 3 heterocycles. The number of piperazine rings is 1. The second-order valence-electron chi connectivity index (χ2n) is 7.10. The SMILES string of the molecule is O=C(Nc1cn2ccccc2n1)N1CCN(Cc2ccc(OC(F)(F)F)c(Cl)c2)CC1. The Morgan fingerprint density at radius 3 is 2.61 bits per heavy atom. The molecule has 2 amide bonds. The van der Waals surface area contributed by atoms with Gasteiger partial charge in [0.2, 0.25) is 0 Å². The molecule has 31 heavy (non-hydrogen) atoms. The van der Waals surface area contributed by atoms with Crippen LogP contribution >= 0.6 is 11.6 Å². The predicted octanol–water partition coefficient (Wildman–Crippen LogP) is 4.24. The minimum absolute atomic E-state index is 0.0970. The molecule has 1 aliphatic rings. The first kappa shape index (κ1) is 21.3. The van der Waals surface area contributed by atoms with E-state index in [4.69, 9.17) is 11.6 Å². The van der Waals surface area contributed by atoms with Crippen molar-refractivity contribution in [3.8, 4) is 5.75 Å². The number of rotatable bonds is 4. The zero-order chi connectivity index (χ0) is 22.0. The van der Waals surface area contributed by atoms with Crippen molar-refractivity contribution in [2.24, 2.45) is 0 Å². The summed E-state index contributed by atoms with van der Waals surface area (Å²) in [5.41, 5.74) is 1.51. The summed E-state index contributed by atoms with van der Waals surface area (Å²) in [5, 5.41) is 2.71. The van der Waals surface area contributed by atoms with Gasteiger partial charge in [0.25, 0.3) is 0 Å². The molecule has 1 saturated heterocycles. The fraction of sp³-hybridized carbons (Fsp3) is 0.300. The van der Waals surface area contributed by atoms with Crippen LogP contribution in [0.1, 0.15) is 5.56 Å². The summed E-state index contributed by atoms with van der Waals surface area (Å²) in [6.45, 7) is 2.78. The average Bonchev–Trinajstić information content (AvgIpc) is 3.12. The maximum Gasteiger partial charge on any atom is 0.573 e. The molecule has 0 radical (unpaired) electrons. The summed E-state index contributed by atoms with van der Waals surface area (Å²) in [6, 6.07) is 9.60. The van der Waals surface area contributed by atoms with Crippen LogP contribution in [0.2, 0.25) is 5.02 Å². The first-order valence-electron chi connectivity index (χ1n) is 9.53. The number of carbonyl (C=O) groups is 1. The van der Waals surface area contributed by atoms with Crippen LogP contribution in [0.25, 0.3) is 5.65 Å². The summed E-state index contributed by atoms with van der Waals surface area (Å²) < 4.78 is 42.8. The highest BCUT2D eigenvalue weighted by molar-refractivity contribution is 6.32. The molecule has 164 valence electrons. The Kier molecular flexibility index (Phi) is 5.92. The van der Waals surface area contributed by atoms with Crippen LogP contribution in [0.5, 0.6) is 5.75 Å². The molecular weight excluding hydrogens is 435 g/mol. The number of ether oxygens (including phenoxy) is 1. The first-order chi connectivity index (χ1) is 14.8. The van der Waals surface area contributed by atoms with E-state index in [1.807, 2.05) is 28.8 Å². The number of alkyl halides is 3. The molecule has 1 aliphatic heterocycles. The van der Waals surface area contributed by atoms with E-state index >= 15 is 0 Å². The van der Waals surface area contributed by atoms with E-state index in [0.29, 0.717) is 38.5 Å². The van der Waals surface area contributed by atoms with Gasteiger partial charge in [-0.1, -0.05) is 23.7 Å². The average molecular weight is 454 g/mol. The third-order valence-corrected chi connectivity index (χ3v) is 5.18. The van der Waals surface area contributed by atoms with Gasteiger partial charge < -0.3 is 14.0 Å². The fourth-order valence-electron chi connectivity index (χ4n) is 3.40. The van der Waals surface area contributed by atoms with Gasteiger partial charge in [-0.15, -0.1) is 13.2 Å². The van der Waals surface area contributed by atoms with Gasteiger partial charge >= 0.3 is 12.4 Å². The largest absolute Gasteiger partial charge is 0.573 e. The molecule has 3 aromatic rings. The van der Waals surface area contributed by atoms with Crippen molar-refractivity contribution in [1.82, 2.24) is 19.2 Å². The molecule has 1 N–H and O–H groups in total. The van der Waals surface area contributed by atoms with Crippen molar-refractivity contribution in [2.75, 3.05) is 31.5 Å². The molecule has 7 nitrogen and oxygen atoms in total. The zero-order valence-electron chi connectivity index (χ0n) is 16.3. The molecule has 11 heteroatoms. The van der Waals surface area contributed by atoms with E-state index in [1.165, 1.54) is 12.1 Å². The summed E-state index contributed by atoms with van der Waals surface area (Å²) >= 11 is 5.91. The molecule has 4 rings (SSSR count). The van der Waals surface area contributed by atoms with Gasteiger partial charge in [-0.05, 0) is 29.8 Å². The third-order valence-electron chi connectivity index (χ3n) is 4.89. The van der Waals surface area contributed by atoms with Crippen LogP contribution in [0.3, 0.4) is 0 Å². The van der Waals surface area contributed by atoms with E-state index in [1.54, 1.807) is 17.2 Å². The highest BCUT2D eigenvalue weighted by atomic mass is 35.5. The number of nitrogens with zero attached hydrogens (tertiary/aromatic N) is 4. The van der Waals surface area contributed by atoms with E-state index in [9.17, 15) is 18.0 Å². The van der Waals surface area contributed by atoms with Crippen molar-refractivity contribution >= 4 is 29.1 Å². The first-order valence-corrected chi connectivity index (χ1v) is 9.91. The lowest BCUT2D eigenvalue weighted by molar-refractivity contribution is -0.274. The Bertz CT molecular complexity index is 1050. The Labute approximate surface area is 181 Å². The van der Waals surface area contributed by atoms with Gasteiger partial charge in [-0.2, -0.15) is 0 Å². The highest BCUT2D eigenvalue weighted by Gasteiger charge is 2.32. The quantitative estimate of drug-likeness (QED) is 0.642. The van der Waals surface area contributed by atoms with Gasteiger partial charge in [0.1, 0.15) is 11.4 Å². The molecule has 0 spiro atoms. The number of anilines is 1. The Hall–Kier alpha value is -2.98. The summed E-state index contributed by atoms with van der Waals surface area (Å²) in [5.74, 6) is 0.0563. The van der Waals surface area contributed by atoms with Crippen LogP contribution in [0, 0.1) is 0 Å². The molecule has 0 atom stereocenters. The third kappa shape index (κ3) is 5.39. The monoisotopic (exact) mass is 453 g/mol. The number of urea groups is 1. The number of carbonyl (C=O) groups excluding carboxylic acids is 1. The van der Waals surface area contributed by atoms with Crippen LogP contribution in [0.15, 0.2) is 48.8 Å². The Morgan fingerprint density at radius 2 is 1.94 bits per heavy atom. The Balaban J connectivity index is 1.29. The summed E-state index contributed by atoms with van der Waals surface area (Å²) in [4.78, 5) is 20.7. The standard InChI is InChI=1S/C20H19ClF3N5O2/c21-15-11-14(4-5-16(15)31-20(22,23)24)12-27-7-9-28(10-8-27)19(30)26-17-13-29-6-2-1-3-18(29)25-17/h1-6,11,13H,7-10,12H2,(H,26,30). The molecule has 0 aliphatic carbocycles. The highest BCUT2D eigenvalue weighted by Crippen LogP contribution is 2.31. The lowest BCUT2D eigenvalue weighted by Gasteiger charge is -2.34. The van der Waals surface area contributed by atoms with Crippen molar-refractivity contribution in [1.29, 1.82) is 0 Å². The molecule has 1 fully saturated rings. The molecule has 0 saturated carbocycles. The lowest BCUT2D eigenvalue weighted by atomic mass is 10.2. The number of nitrogens with one attached hydrogen (secondary N) is 1. The number of halogens is 4. The fourth-order valence-corrected chi connectivity index (χ4v) is 3.64. The van der Waals surface area contributed by atoms with E-state index in [0.717, 1.165) is 11.2 Å². The van der Waals surface area contributed by atoms with Gasteiger partial charge in [0.05, 0.1) is 11.2 Å². The smallest absolute Gasteiger partial charge is 0.404 e. The number of fused-ring (bicyclic) bond motifs is 1. The van der Waals surface area contributed by atoms with Crippen molar-refractivity contribution < 1.29 is 22.7 Å². The van der Waals surface area contributed by atoms with Gasteiger partial charge in [-0.3, -0.25) is 10.2 Å². The van der Waals surface area contributed by atoms with Gasteiger partial charge in [-0.25, -0.2) is 9.78 Å². The summed E-state index contributed by atoms with van der Waals surface area (Å²) in [6.07, 6.45) is -1.18. The normalized spacial score (nSPS) is 15.3. The number of hydrogen-bond donors (Lipinski definition) is 1. The minimum Gasteiger partial charge on any atom is -0.404 e. The number of amides is 2. The van der Waals surface area contributed by atoms with Crippen LogP contribution < -0.4 is 10.1 Å². The second-order valence-corrected chi connectivity index (χ2v) is 7.51. The molecule has 2 aromatic heterocycles. The van der Waals surface area contributed by atoms with Crippen molar-refractivity contribution in [3.05, 3.63) is 59.4 Å². The van der Waals surface area contributed by atoms with Crippen LogP contribution in [0.4, 0.5) is 23.8 Å². The Morgan fingerprint density at radius 1 is 1.16 bits per heavy atom.